The van der Waals surface area contributed by atoms with Crippen molar-refractivity contribution in [2.24, 2.45) is 0 Å². The van der Waals surface area contributed by atoms with Gasteiger partial charge in [0.05, 0.1) is 7.11 Å². The molecule has 2 aromatic rings. The summed E-state index contributed by atoms with van der Waals surface area (Å²) in [5.41, 5.74) is 3.09. The molecule has 0 aromatic heterocycles. The van der Waals surface area contributed by atoms with Gasteiger partial charge in [0.15, 0.2) is 0 Å². The largest absolute Gasteiger partial charge is 0.497 e. The third kappa shape index (κ3) is 6.81. The average Bonchev–Trinajstić information content (AvgIpc) is 2.73. The van der Waals surface area contributed by atoms with Gasteiger partial charge in [-0.1, -0.05) is 37.6 Å². The molecule has 0 unspecified atom stereocenters. The van der Waals surface area contributed by atoms with Crippen LogP contribution in [0.15, 0.2) is 60.3 Å². The van der Waals surface area contributed by atoms with E-state index in [0.29, 0.717) is 12.2 Å². The second kappa shape index (κ2) is 11.5. The van der Waals surface area contributed by atoms with E-state index in [2.05, 4.69) is 17.6 Å². The number of aryl methyl sites for hydroxylation is 1. The lowest BCUT2D eigenvalue weighted by molar-refractivity contribution is -0.112. The van der Waals surface area contributed by atoms with Gasteiger partial charge in [-0.05, 0) is 54.7 Å². The van der Waals surface area contributed by atoms with Crippen LogP contribution < -0.4 is 15.4 Å². The van der Waals surface area contributed by atoms with Crippen molar-refractivity contribution in [2.45, 2.75) is 32.6 Å². The molecule has 2 N–H and O–H groups in total. The quantitative estimate of drug-likeness (QED) is 0.369. The lowest BCUT2D eigenvalue weighted by Crippen LogP contribution is -2.18. The van der Waals surface area contributed by atoms with Gasteiger partial charge in [0.25, 0.3) is 5.91 Å². The molecule has 5 heteroatoms. The van der Waals surface area contributed by atoms with E-state index < -0.39 is 5.91 Å². The topological polar surface area (TPSA) is 74.2 Å². The van der Waals surface area contributed by atoms with Crippen LogP contribution in [0.1, 0.15) is 30.9 Å². The lowest BCUT2D eigenvalue weighted by atomic mass is 10.1. The minimum atomic E-state index is -0.419. The first-order valence-electron chi connectivity index (χ1n) is 9.53. The molecule has 0 atom stereocenters. The number of ether oxygens (including phenoxy) is 1. The van der Waals surface area contributed by atoms with E-state index in [1.165, 1.54) is 11.8 Å². The minimum Gasteiger partial charge on any atom is -0.497 e. The predicted molar refractivity (Wildman–Crippen MR) is 112 cm³/mol. The van der Waals surface area contributed by atoms with Crippen molar-refractivity contribution in [3.63, 3.8) is 0 Å². The van der Waals surface area contributed by atoms with Crippen molar-refractivity contribution >= 4 is 11.6 Å². The van der Waals surface area contributed by atoms with Crippen molar-refractivity contribution < 1.29 is 9.53 Å². The van der Waals surface area contributed by atoms with Gasteiger partial charge in [0.2, 0.25) is 0 Å². The predicted octanol–water partition coefficient (Wildman–Crippen LogP) is 4.22. The number of methoxy groups -OCH3 is 1. The fraction of sp³-hybridized carbons (Fsp3) is 0.304. The van der Waals surface area contributed by atoms with Crippen LogP contribution in [0.3, 0.4) is 0 Å². The fourth-order valence-electron chi connectivity index (χ4n) is 2.70. The molecule has 0 aliphatic rings. The molecule has 0 radical (unpaired) electrons. The third-order valence-corrected chi connectivity index (χ3v) is 4.33. The molecule has 0 fully saturated rings. The van der Waals surface area contributed by atoms with Gasteiger partial charge in [-0.2, -0.15) is 5.26 Å². The zero-order valence-corrected chi connectivity index (χ0v) is 16.5. The molecule has 0 aliphatic heterocycles. The molecular weight excluding hydrogens is 350 g/mol. The number of hydrogen-bond donors (Lipinski definition) is 2. The van der Waals surface area contributed by atoms with E-state index in [0.717, 1.165) is 37.0 Å². The molecule has 0 spiro atoms. The Labute approximate surface area is 167 Å². The van der Waals surface area contributed by atoms with Gasteiger partial charge < -0.3 is 15.4 Å². The molecule has 1 amide bonds. The van der Waals surface area contributed by atoms with E-state index in [4.69, 9.17) is 4.74 Å². The van der Waals surface area contributed by atoms with E-state index >= 15 is 0 Å². The molecule has 0 saturated heterocycles. The Balaban J connectivity index is 1.85. The molecule has 146 valence electrons. The van der Waals surface area contributed by atoms with Crippen LogP contribution in [-0.4, -0.2) is 19.6 Å². The Morgan fingerprint density at radius 2 is 1.93 bits per heavy atom. The van der Waals surface area contributed by atoms with Crippen molar-refractivity contribution in [1.29, 1.82) is 5.26 Å². The van der Waals surface area contributed by atoms with E-state index in [1.54, 1.807) is 7.11 Å². The van der Waals surface area contributed by atoms with Gasteiger partial charge in [-0.15, -0.1) is 0 Å². The highest BCUT2D eigenvalue weighted by atomic mass is 16.5. The summed E-state index contributed by atoms with van der Waals surface area (Å²) in [5.74, 6) is 0.392. The number of nitrogens with zero attached hydrogens (tertiary/aromatic N) is 1. The van der Waals surface area contributed by atoms with Crippen molar-refractivity contribution in [3.05, 3.63) is 71.4 Å². The second-order valence-electron chi connectivity index (χ2n) is 6.48. The Hall–Kier alpha value is -3.26. The normalized spacial score (nSPS) is 10.8. The van der Waals surface area contributed by atoms with Gasteiger partial charge in [-0.25, -0.2) is 0 Å². The summed E-state index contributed by atoms with van der Waals surface area (Å²) in [6.45, 7) is 2.77. The van der Waals surface area contributed by atoms with Crippen molar-refractivity contribution in [3.8, 4) is 11.8 Å². The second-order valence-corrected chi connectivity index (χ2v) is 6.48. The number of hydrogen-bond acceptors (Lipinski definition) is 4. The summed E-state index contributed by atoms with van der Waals surface area (Å²) in [5, 5.41) is 15.1. The molecule has 0 saturated carbocycles. The van der Waals surface area contributed by atoms with E-state index in [9.17, 15) is 10.1 Å². The van der Waals surface area contributed by atoms with Crippen molar-refractivity contribution in [1.82, 2.24) is 5.32 Å². The third-order valence-electron chi connectivity index (χ3n) is 4.33. The van der Waals surface area contributed by atoms with Crippen LogP contribution in [0, 0.1) is 11.3 Å². The summed E-state index contributed by atoms with van der Waals surface area (Å²) in [7, 11) is 1.64. The Bertz CT molecular complexity index is 836. The monoisotopic (exact) mass is 377 g/mol. The smallest absolute Gasteiger partial charge is 0.267 e. The highest BCUT2D eigenvalue weighted by Crippen LogP contribution is 2.13. The summed E-state index contributed by atoms with van der Waals surface area (Å²) in [4.78, 5) is 12.3. The van der Waals surface area contributed by atoms with E-state index in [-0.39, 0.29) is 5.57 Å². The summed E-state index contributed by atoms with van der Waals surface area (Å²) in [6, 6.07) is 17.5. The van der Waals surface area contributed by atoms with Gasteiger partial charge in [0.1, 0.15) is 17.4 Å². The maximum atomic E-state index is 12.3. The maximum absolute atomic E-state index is 12.3. The molecule has 0 aliphatic carbocycles. The first-order chi connectivity index (χ1) is 13.7. The number of carbonyl (C=O) groups is 1. The number of benzene rings is 2. The van der Waals surface area contributed by atoms with Crippen LogP contribution in [0.5, 0.6) is 5.75 Å². The fourth-order valence-corrected chi connectivity index (χ4v) is 2.70. The molecule has 28 heavy (non-hydrogen) atoms. The van der Waals surface area contributed by atoms with Crippen LogP contribution in [0.4, 0.5) is 5.69 Å². The lowest BCUT2D eigenvalue weighted by Gasteiger charge is -2.07. The SMILES string of the molecule is CCCCc1ccc(NC(=O)/C(C#N)=C\NCCc2cccc(OC)c2)cc1. The maximum Gasteiger partial charge on any atom is 0.267 e. The van der Waals surface area contributed by atoms with Gasteiger partial charge in [0, 0.05) is 18.4 Å². The number of rotatable bonds is 10. The molecule has 5 nitrogen and oxygen atoms in total. The average molecular weight is 377 g/mol. The van der Waals surface area contributed by atoms with Gasteiger partial charge in [-0.3, -0.25) is 4.79 Å². The first-order valence-corrected chi connectivity index (χ1v) is 9.53. The molecule has 2 aromatic carbocycles. The Morgan fingerprint density at radius 1 is 1.14 bits per heavy atom. The zero-order chi connectivity index (χ0) is 20.2. The molecular formula is C23H27N3O2. The molecule has 0 heterocycles. The molecule has 2 rings (SSSR count). The summed E-state index contributed by atoms with van der Waals surface area (Å²) in [6.07, 6.45) is 5.55. The number of carbonyl (C=O) groups excluding carboxylic acids is 1. The number of nitriles is 1. The van der Waals surface area contributed by atoms with Crippen molar-refractivity contribution in [2.75, 3.05) is 19.0 Å². The number of anilines is 1. The summed E-state index contributed by atoms with van der Waals surface area (Å²) < 4.78 is 5.20. The first kappa shape index (κ1) is 21.0. The summed E-state index contributed by atoms with van der Waals surface area (Å²) >= 11 is 0. The highest BCUT2D eigenvalue weighted by molar-refractivity contribution is 6.06. The van der Waals surface area contributed by atoms with Crippen LogP contribution in [0.2, 0.25) is 0 Å². The number of nitrogens with one attached hydrogen (secondary N) is 2. The van der Waals surface area contributed by atoms with Crippen LogP contribution in [-0.2, 0) is 17.6 Å². The van der Waals surface area contributed by atoms with E-state index in [1.807, 2.05) is 54.6 Å². The zero-order valence-electron chi connectivity index (χ0n) is 16.5. The Kier molecular flexibility index (Phi) is 8.61. The number of unbranched alkanes of at least 4 members (excludes halogenated alkanes) is 1. The standard InChI is InChI=1S/C23H27N3O2/c1-3-4-6-18-9-11-21(12-10-18)26-23(27)20(16-24)17-25-14-13-19-7-5-8-22(15-19)28-2/h5,7-12,15,17,25H,3-4,6,13-14H2,1-2H3,(H,26,27)/b20-17-. The van der Waals surface area contributed by atoms with Crippen LogP contribution in [0.25, 0.3) is 0 Å². The highest BCUT2D eigenvalue weighted by Gasteiger charge is 2.09. The Morgan fingerprint density at radius 3 is 2.61 bits per heavy atom. The molecule has 0 bridgehead atoms. The number of amides is 1. The minimum absolute atomic E-state index is 0.0423. The van der Waals surface area contributed by atoms with Gasteiger partial charge >= 0.3 is 0 Å². The van der Waals surface area contributed by atoms with Crippen LogP contribution >= 0.6 is 0 Å².